The molecule has 0 spiro atoms. The first kappa shape index (κ1) is 25.6. The lowest BCUT2D eigenvalue weighted by Gasteiger charge is -2.33. The summed E-state index contributed by atoms with van der Waals surface area (Å²) < 4.78 is 15.4. The molecule has 3 N–H and O–H groups in total. The minimum Gasteiger partial charge on any atom is -0.358 e. The predicted octanol–water partition coefficient (Wildman–Crippen LogP) is 5.96. The number of H-pyrrole nitrogens is 2. The molecule has 1 saturated carbocycles. The van der Waals surface area contributed by atoms with Gasteiger partial charge in [0.05, 0.1) is 22.9 Å². The lowest BCUT2D eigenvalue weighted by atomic mass is 9.87. The second kappa shape index (κ2) is 10.6. The van der Waals surface area contributed by atoms with Crippen LogP contribution in [0.5, 0.6) is 0 Å². The molecule has 7 rings (SSSR count). The van der Waals surface area contributed by atoms with E-state index in [2.05, 4.69) is 53.9 Å². The maximum Gasteiger partial charge on any atom is 0.159 e. The molecule has 0 atom stereocenters. The van der Waals surface area contributed by atoms with Gasteiger partial charge in [0, 0.05) is 66.8 Å². The molecule has 0 bridgehead atoms. The number of likely N-dealkylation sites (N-methyl/N-ethyl adjacent to an activating group) is 1. The number of rotatable bonds is 6. The molecule has 9 nitrogen and oxygen atoms in total. The largest absolute Gasteiger partial charge is 0.358 e. The number of anilines is 2. The van der Waals surface area contributed by atoms with Crippen molar-refractivity contribution in [2.24, 2.45) is 5.92 Å². The topological polar surface area (TPSA) is 102 Å². The van der Waals surface area contributed by atoms with Gasteiger partial charge in [0.15, 0.2) is 11.6 Å². The van der Waals surface area contributed by atoms with E-state index in [9.17, 15) is 0 Å². The summed E-state index contributed by atoms with van der Waals surface area (Å²) in [5.41, 5.74) is 5.90. The van der Waals surface area contributed by atoms with Crippen LogP contribution in [-0.2, 0) is 0 Å². The third-order valence-electron chi connectivity index (χ3n) is 8.51. The van der Waals surface area contributed by atoms with Gasteiger partial charge in [-0.25, -0.2) is 14.4 Å². The quantitative estimate of drug-likeness (QED) is 0.239. The van der Waals surface area contributed by atoms with Crippen LogP contribution in [0.1, 0.15) is 32.1 Å². The van der Waals surface area contributed by atoms with E-state index in [1.165, 1.54) is 25.3 Å². The summed E-state index contributed by atoms with van der Waals surface area (Å²) in [4.78, 5) is 22.0. The van der Waals surface area contributed by atoms with Crippen molar-refractivity contribution in [3.05, 3.63) is 60.9 Å². The van der Waals surface area contributed by atoms with Crippen molar-refractivity contribution in [3.8, 4) is 22.6 Å². The van der Waals surface area contributed by atoms with Gasteiger partial charge in [0.25, 0.3) is 0 Å². The summed E-state index contributed by atoms with van der Waals surface area (Å²) in [5, 5.41) is 11.7. The molecular weight excluding hydrogens is 517 g/mol. The Bertz CT molecular complexity index is 1720. The highest BCUT2D eigenvalue weighted by Gasteiger charge is 2.22. The van der Waals surface area contributed by atoms with Crippen molar-refractivity contribution < 1.29 is 4.39 Å². The number of halogens is 1. The van der Waals surface area contributed by atoms with Crippen LogP contribution in [0, 0.1) is 11.7 Å². The Kier molecular flexibility index (Phi) is 6.62. The zero-order valence-corrected chi connectivity index (χ0v) is 23.3. The molecule has 0 amide bonds. The van der Waals surface area contributed by atoms with Crippen molar-refractivity contribution in [2.75, 3.05) is 43.4 Å². The number of imidazole rings is 1. The third kappa shape index (κ3) is 4.93. The van der Waals surface area contributed by atoms with Gasteiger partial charge in [-0.1, -0.05) is 25.8 Å². The maximum atomic E-state index is 15.4. The lowest BCUT2D eigenvalue weighted by Crippen LogP contribution is -2.44. The highest BCUT2D eigenvalue weighted by molar-refractivity contribution is 5.97. The van der Waals surface area contributed by atoms with Crippen molar-refractivity contribution >= 4 is 33.4 Å². The molecule has 10 heteroatoms. The smallest absolute Gasteiger partial charge is 0.159 e. The Hall–Kier alpha value is -4.31. The molecule has 1 aromatic carbocycles. The van der Waals surface area contributed by atoms with Crippen LogP contribution < -0.4 is 10.2 Å². The number of hydrogen-bond acceptors (Lipinski definition) is 7. The number of pyridine rings is 2. The minimum atomic E-state index is -0.344. The highest BCUT2D eigenvalue weighted by Crippen LogP contribution is 2.35. The van der Waals surface area contributed by atoms with Crippen molar-refractivity contribution in [2.45, 2.75) is 32.1 Å². The molecule has 4 aromatic heterocycles. The zero-order valence-electron chi connectivity index (χ0n) is 23.3. The minimum absolute atomic E-state index is 0.344. The van der Waals surface area contributed by atoms with Gasteiger partial charge < -0.3 is 20.1 Å². The number of allylic oxidation sites excluding steroid dienone is 1. The Labute approximate surface area is 237 Å². The second-order valence-electron chi connectivity index (χ2n) is 11.3. The third-order valence-corrected chi connectivity index (χ3v) is 8.51. The van der Waals surface area contributed by atoms with Crippen LogP contribution in [0.25, 0.3) is 44.6 Å². The van der Waals surface area contributed by atoms with Crippen LogP contribution in [0.4, 0.5) is 15.9 Å². The summed E-state index contributed by atoms with van der Waals surface area (Å²) in [6.45, 7) is 8.04. The van der Waals surface area contributed by atoms with Crippen LogP contribution in [0.3, 0.4) is 0 Å². The first-order valence-electron chi connectivity index (χ1n) is 14.4. The average Bonchev–Trinajstić information content (AvgIpc) is 3.61. The van der Waals surface area contributed by atoms with Crippen LogP contribution in [0.15, 0.2) is 55.1 Å². The SMILES string of the molecule is C=C(Nc1cncc(-c2cc3c(-c4nc5c(N6CCN(C)CC6)nccc5[nH]4)n[nH]c3cc2F)c1)C1CCCCC1. The molecule has 5 heterocycles. The van der Waals surface area contributed by atoms with E-state index in [1.807, 2.05) is 24.4 Å². The fourth-order valence-electron chi connectivity index (χ4n) is 6.12. The molecule has 0 radical (unpaired) electrons. The summed E-state index contributed by atoms with van der Waals surface area (Å²) in [6, 6.07) is 7.17. The summed E-state index contributed by atoms with van der Waals surface area (Å²) in [5.74, 6) is 1.60. The zero-order chi connectivity index (χ0) is 27.9. The maximum absolute atomic E-state index is 15.4. The fraction of sp³-hybridized carbons (Fsp3) is 0.355. The van der Waals surface area contributed by atoms with Gasteiger partial charge in [-0.3, -0.25) is 10.1 Å². The second-order valence-corrected chi connectivity index (χ2v) is 11.3. The first-order chi connectivity index (χ1) is 20.0. The Morgan fingerprint density at radius 1 is 1.05 bits per heavy atom. The van der Waals surface area contributed by atoms with Gasteiger partial charge in [-0.2, -0.15) is 5.10 Å². The van der Waals surface area contributed by atoms with Gasteiger partial charge >= 0.3 is 0 Å². The molecule has 1 aliphatic heterocycles. The lowest BCUT2D eigenvalue weighted by molar-refractivity contribution is 0.312. The van der Waals surface area contributed by atoms with E-state index < -0.39 is 0 Å². The average molecular weight is 552 g/mol. The number of hydrogen-bond donors (Lipinski definition) is 3. The molecule has 1 aliphatic carbocycles. The molecule has 2 aliphatic rings. The Morgan fingerprint density at radius 2 is 1.88 bits per heavy atom. The summed E-state index contributed by atoms with van der Waals surface area (Å²) in [6.07, 6.45) is 11.3. The molecule has 1 saturated heterocycles. The van der Waals surface area contributed by atoms with E-state index in [0.29, 0.717) is 34.1 Å². The molecule has 2 fully saturated rings. The molecule has 41 heavy (non-hydrogen) atoms. The summed E-state index contributed by atoms with van der Waals surface area (Å²) in [7, 11) is 2.13. The number of fused-ring (bicyclic) bond motifs is 2. The first-order valence-corrected chi connectivity index (χ1v) is 14.4. The van der Waals surface area contributed by atoms with E-state index in [1.54, 1.807) is 12.4 Å². The number of nitrogens with zero attached hydrogens (tertiary/aromatic N) is 6. The van der Waals surface area contributed by atoms with Gasteiger partial charge in [-0.15, -0.1) is 0 Å². The van der Waals surface area contributed by atoms with Crippen LogP contribution >= 0.6 is 0 Å². The van der Waals surface area contributed by atoms with E-state index in [4.69, 9.17) is 4.98 Å². The molecule has 0 unspecified atom stereocenters. The van der Waals surface area contributed by atoms with Crippen LogP contribution in [0.2, 0.25) is 0 Å². The van der Waals surface area contributed by atoms with E-state index >= 15 is 4.39 Å². The highest BCUT2D eigenvalue weighted by atomic mass is 19.1. The Balaban J connectivity index is 1.22. The van der Waals surface area contributed by atoms with E-state index in [-0.39, 0.29) is 5.82 Å². The monoisotopic (exact) mass is 551 g/mol. The van der Waals surface area contributed by atoms with Gasteiger partial charge in [-0.05, 0) is 44.0 Å². The Morgan fingerprint density at radius 3 is 2.71 bits per heavy atom. The van der Waals surface area contributed by atoms with Gasteiger partial charge in [0.2, 0.25) is 0 Å². The number of nitrogens with one attached hydrogen (secondary N) is 3. The van der Waals surface area contributed by atoms with E-state index in [0.717, 1.165) is 72.6 Å². The normalized spacial score (nSPS) is 17.0. The molecular formula is C31H34FN9. The number of benzene rings is 1. The van der Waals surface area contributed by atoms with Crippen molar-refractivity contribution in [3.63, 3.8) is 0 Å². The van der Waals surface area contributed by atoms with Gasteiger partial charge in [0.1, 0.15) is 17.0 Å². The number of aromatic amines is 2. The number of piperazine rings is 1. The molecule has 210 valence electrons. The standard InChI is InChI=1S/C31H34FN9/c1-19(20-6-4-3-5-7-20)35-22-14-21(17-33-18-22)23-15-24-27(16-25(23)32)38-39-28(24)30-36-26-8-9-34-31(29(26)37-30)41-12-10-40(2)11-13-41/h8-9,14-18,20,35H,1,3-7,10-13H2,2H3,(H,36,37)(H,38,39). The number of aromatic nitrogens is 6. The van der Waals surface area contributed by atoms with Crippen LogP contribution in [-0.4, -0.2) is 68.3 Å². The van der Waals surface area contributed by atoms with Crippen molar-refractivity contribution in [1.29, 1.82) is 0 Å². The summed E-state index contributed by atoms with van der Waals surface area (Å²) >= 11 is 0. The fourth-order valence-corrected chi connectivity index (χ4v) is 6.12. The molecule has 5 aromatic rings. The predicted molar refractivity (Wildman–Crippen MR) is 161 cm³/mol. The van der Waals surface area contributed by atoms with Crippen molar-refractivity contribution in [1.82, 2.24) is 35.0 Å².